The van der Waals surface area contributed by atoms with Crippen molar-refractivity contribution < 1.29 is 19.1 Å². The molecule has 0 bridgehead atoms. The first kappa shape index (κ1) is 15.6. The second-order valence-electron chi connectivity index (χ2n) is 4.67. The van der Waals surface area contributed by atoms with E-state index >= 15 is 0 Å². The normalized spacial score (nSPS) is 11.1. The maximum Gasteiger partial charge on any atom is 0.354 e. The summed E-state index contributed by atoms with van der Waals surface area (Å²) in [5, 5.41) is 4.96. The van der Waals surface area contributed by atoms with E-state index < -0.39 is 11.9 Å². The second kappa shape index (κ2) is 6.76. The van der Waals surface area contributed by atoms with E-state index in [9.17, 15) is 9.59 Å². The number of carbonyl (C=O) groups excluding carboxylic acids is 2. The number of aryl methyl sites for hydroxylation is 1. The van der Waals surface area contributed by atoms with E-state index in [0.717, 1.165) is 22.4 Å². The lowest BCUT2D eigenvalue weighted by atomic mass is 10.0. The zero-order chi connectivity index (χ0) is 16.1. The summed E-state index contributed by atoms with van der Waals surface area (Å²) in [4.78, 5) is 23.2. The van der Waals surface area contributed by atoms with Crippen LogP contribution in [0.15, 0.2) is 48.2 Å². The predicted octanol–water partition coefficient (Wildman–Crippen LogP) is 2.79. The lowest BCUT2D eigenvalue weighted by Crippen LogP contribution is -2.15. The Labute approximate surface area is 128 Å². The van der Waals surface area contributed by atoms with E-state index in [1.165, 1.54) is 14.2 Å². The molecule has 2 rings (SSSR count). The summed E-state index contributed by atoms with van der Waals surface area (Å²) < 4.78 is 9.24. The van der Waals surface area contributed by atoms with Gasteiger partial charge in [0, 0.05) is 11.1 Å². The van der Waals surface area contributed by atoms with Gasteiger partial charge in [-0.05, 0) is 23.9 Å². The number of anilines is 1. The molecule has 114 valence electrons. The van der Waals surface area contributed by atoms with Gasteiger partial charge in [-0.25, -0.2) is 9.59 Å². The molecule has 0 aliphatic heterocycles. The van der Waals surface area contributed by atoms with Crippen molar-refractivity contribution in [3.8, 4) is 0 Å². The van der Waals surface area contributed by atoms with Crippen LogP contribution in [0.3, 0.4) is 0 Å². The Morgan fingerprint density at radius 2 is 1.68 bits per heavy atom. The Morgan fingerprint density at radius 1 is 1.00 bits per heavy atom. The zero-order valence-electron chi connectivity index (χ0n) is 12.7. The molecule has 0 saturated heterocycles. The molecule has 0 fully saturated rings. The molecule has 5 nitrogen and oxygen atoms in total. The van der Waals surface area contributed by atoms with Gasteiger partial charge in [-0.3, -0.25) is 0 Å². The van der Waals surface area contributed by atoms with E-state index in [4.69, 9.17) is 0 Å². The Bertz CT molecular complexity index is 749. The number of esters is 2. The maximum absolute atomic E-state index is 11.8. The fourth-order valence-electron chi connectivity index (χ4n) is 2.14. The van der Waals surface area contributed by atoms with Crippen LogP contribution < -0.4 is 5.32 Å². The van der Waals surface area contributed by atoms with Crippen molar-refractivity contribution in [1.82, 2.24) is 0 Å². The molecule has 0 aliphatic rings. The highest BCUT2D eigenvalue weighted by Gasteiger charge is 2.14. The quantitative estimate of drug-likeness (QED) is 0.694. The highest BCUT2D eigenvalue weighted by molar-refractivity contribution is 6.03. The third-order valence-electron chi connectivity index (χ3n) is 3.28. The molecule has 0 saturated carbocycles. The number of hydrogen-bond acceptors (Lipinski definition) is 5. The van der Waals surface area contributed by atoms with Crippen molar-refractivity contribution in [1.29, 1.82) is 0 Å². The third-order valence-corrected chi connectivity index (χ3v) is 3.28. The van der Waals surface area contributed by atoms with Crippen LogP contribution in [0.2, 0.25) is 0 Å². The van der Waals surface area contributed by atoms with Gasteiger partial charge in [0.15, 0.2) is 0 Å². The lowest BCUT2D eigenvalue weighted by molar-refractivity contribution is -0.138. The summed E-state index contributed by atoms with van der Waals surface area (Å²) in [6.07, 6.45) is 1.07. The average Bonchev–Trinajstić information content (AvgIpc) is 2.55. The Morgan fingerprint density at radius 3 is 2.32 bits per heavy atom. The molecule has 0 heterocycles. The molecule has 0 atom stereocenters. The van der Waals surface area contributed by atoms with Crippen LogP contribution in [-0.4, -0.2) is 26.2 Å². The van der Waals surface area contributed by atoms with E-state index in [1.54, 1.807) is 0 Å². The summed E-state index contributed by atoms with van der Waals surface area (Å²) in [6, 6.07) is 11.6. The van der Waals surface area contributed by atoms with Crippen LogP contribution in [0.25, 0.3) is 10.8 Å². The molecule has 2 aromatic rings. The maximum atomic E-state index is 11.8. The average molecular weight is 299 g/mol. The monoisotopic (exact) mass is 299 g/mol. The predicted molar refractivity (Wildman–Crippen MR) is 84.4 cm³/mol. The molecule has 0 unspecified atom stereocenters. The highest BCUT2D eigenvalue weighted by atomic mass is 16.5. The van der Waals surface area contributed by atoms with Gasteiger partial charge in [0.25, 0.3) is 0 Å². The minimum absolute atomic E-state index is 0.0170. The first-order valence-corrected chi connectivity index (χ1v) is 6.70. The van der Waals surface area contributed by atoms with Crippen LogP contribution in [0.5, 0.6) is 0 Å². The molecule has 5 heteroatoms. The summed E-state index contributed by atoms with van der Waals surface area (Å²) in [5.74, 6) is -1.28. The molecular weight excluding hydrogens is 282 g/mol. The third kappa shape index (κ3) is 3.25. The van der Waals surface area contributed by atoms with Crippen LogP contribution in [0.1, 0.15) is 5.56 Å². The van der Waals surface area contributed by atoms with Crippen molar-refractivity contribution in [2.75, 3.05) is 19.5 Å². The van der Waals surface area contributed by atoms with Crippen molar-refractivity contribution >= 4 is 28.4 Å². The molecule has 2 aromatic carbocycles. The number of ether oxygens (including phenoxy) is 2. The van der Waals surface area contributed by atoms with Crippen molar-refractivity contribution in [3.05, 3.63) is 53.7 Å². The fraction of sp³-hybridized carbons (Fsp3) is 0.176. The number of hydrogen-bond donors (Lipinski definition) is 1. The van der Waals surface area contributed by atoms with E-state index in [2.05, 4.69) is 14.8 Å². The van der Waals surface area contributed by atoms with Gasteiger partial charge in [0.2, 0.25) is 0 Å². The zero-order valence-corrected chi connectivity index (χ0v) is 12.7. The Hall–Kier alpha value is -2.82. The molecule has 22 heavy (non-hydrogen) atoms. The number of fused-ring (bicyclic) bond motifs is 1. The topological polar surface area (TPSA) is 64.6 Å². The number of nitrogens with one attached hydrogen (secondary N) is 1. The summed E-state index contributed by atoms with van der Waals surface area (Å²) in [5.41, 5.74) is 1.85. The Balaban J connectivity index is 2.47. The fourth-order valence-corrected chi connectivity index (χ4v) is 2.14. The minimum atomic E-state index is -0.643. The van der Waals surface area contributed by atoms with Gasteiger partial charge in [0.05, 0.1) is 20.3 Å². The largest absolute Gasteiger partial charge is 0.466 e. The summed E-state index contributed by atoms with van der Waals surface area (Å²) in [7, 11) is 2.50. The number of carbonyl (C=O) groups is 2. The lowest BCUT2D eigenvalue weighted by Gasteiger charge is -2.13. The Kier molecular flexibility index (Phi) is 4.78. The second-order valence-corrected chi connectivity index (χ2v) is 4.67. The van der Waals surface area contributed by atoms with E-state index in [-0.39, 0.29) is 5.70 Å². The van der Waals surface area contributed by atoms with E-state index in [0.29, 0.717) is 5.69 Å². The van der Waals surface area contributed by atoms with Gasteiger partial charge in [-0.15, -0.1) is 0 Å². The molecule has 0 radical (unpaired) electrons. The van der Waals surface area contributed by atoms with Gasteiger partial charge < -0.3 is 14.8 Å². The molecule has 0 aliphatic carbocycles. The van der Waals surface area contributed by atoms with Crippen LogP contribution in [0.4, 0.5) is 5.69 Å². The van der Waals surface area contributed by atoms with Crippen molar-refractivity contribution in [2.24, 2.45) is 0 Å². The SMILES string of the molecule is COC(=O)/C=C(/Nc1ccc(C)c2ccccc12)C(=O)OC. The smallest absolute Gasteiger partial charge is 0.354 e. The van der Waals surface area contributed by atoms with Gasteiger partial charge in [-0.1, -0.05) is 30.3 Å². The van der Waals surface area contributed by atoms with Crippen LogP contribution in [-0.2, 0) is 19.1 Å². The van der Waals surface area contributed by atoms with Gasteiger partial charge >= 0.3 is 11.9 Å². The molecule has 0 aromatic heterocycles. The summed E-state index contributed by atoms with van der Waals surface area (Å²) in [6.45, 7) is 2.01. The van der Waals surface area contributed by atoms with Gasteiger partial charge in [-0.2, -0.15) is 0 Å². The number of rotatable bonds is 4. The first-order valence-electron chi connectivity index (χ1n) is 6.70. The molecule has 0 amide bonds. The standard InChI is InChI=1S/C17H17NO4/c1-11-8-9-14(13-7-5-4-6-12(11)13)18-15(17(20)22-3)10-16(19)21-2/h4-10,18H,1-3H3/b15-10+. The molecule has 1 N–H and O–H groups in total. The highest BCUT2D eigenvalue weighted by Crippen LogP contribution is 2.27. The van der Waals surface area contributed by atoms with Crippen LogP contribution in [0, 0.1) is 6.92 Å². The van der Waals surface area contributed by atoms with Gasteiger partial charge in [0.1, 0.15) is 5.70 Å². The summed E-state index contributed by atoms with van der Waals surface area (Å²) >= 11 is 0. The van der Waals surface area contributed by atoms with Crippen molar-refractivity contribution in [2.45, 2.75) is 6.92 Å². The minimum Gasteiger partial charge on any atom is -0.466 e. The first-order chi connectivity index (χ1) is 10.6. The van der Waals surface area contributed by atoms with Crippen molar-refractivity contribution in [3.63, 3.8) is 0 Å². The molecular formula is C17H17NO4. The number of benzene rings is 2. The van der Waals surface area contributed by atoms with E-state index in [1.807, 2.05) is 43.3 Å². The molecule has 0 spiro atoms. The van der Waals surface area contributed by atoms with Crippen LogP contribution >= 0.6 is 0 Å². The number of methoxy groups -OCH3 is 2.